The third kappa shape index (κ3) is 1.32. The van der Waals surface area contributed by atoms with Gasteiger partial charge in [-0.05, 0) is 13.8 Å². The molecule has 0 amide bonds. The van der Waals surface area contributed by atoms with Crippen molar-refractivity contribution in [2.24, 2.45) is 0 Å². The van der Waals surface area contributed by atoms with Gasteiger partial charge in [0.05, 0.1) is 5.69 Å². The fourth-order valence-electron chi connectivity index (χ4n) is 1.12. The molecule has 2 rings (SSSR count). The molecular weight excluding hydrogens is 170 g/mol. The summed E-state index contributed by atoms with van der Waals surface area (Å²) in [6, 6.07) is 0. The first-order chi connectivity index (χ1) is 6.16. The summed E-state index contributed by atoms with van der Waals surface area (Å²) in [6.07, 6.45) is 0. The molecule has 0 aliphatic rings. The zero-order chi connectivity index (χ0) is 9.42. The molecule has 0 radical (unpaired) electrons. The second-order valence-corrected chi connectivity index (χ2v) is 2.79. The Balaban J connectivity index is 2.51. The number of aryl methyl sites for hydroxylation is 3. The third-order valence-corrected chi connectivity index (χ3v) is 1.63. The highest BCUT2D eigenvalue weighted by Crippen LogP contribution is 2.21. The second kappa shape index (κ2) is 2.69. The molecule has 0 saturated carbocycles. The molecule has 0 unspecified atom stereocenters. The fraction of sp³-hybridized carbons (Fsp3) is 0.375. The van der Waals surface area contributed by atoms with E-state index in [1.165, 1.54) is 0 Å². The third-order valence-electron chi connectivity index (χ3n) is 1.63. The van der Waals surface area contributed by atoms with Gasteiger partial charge in [0.2, 0.25) is 5.76 Å². The van der Waals surface area contributed by atoms with Crippen LogP contribution >= 0.6 is 0 Å². The minimum Gasteiger partial charge on any atom is -0.436 e. The van der Waals surface area contributed by atoms with Crippen LogP contribution in [0, 0.1) is 20.8 Å². The van der Waals surface area contributed by atoms with E-state index in [4.69, 9.17) is 8.94 Å². The topological polar surface area (TPSA) is 65.0 Å². The molecule has 0 bridgehead atoms. The van der Waals surface area contributed by atoms with E-state index in [9.17, 15) is 0 Å². The lowest BCUT2D eigenvalue weighted by atomic mass is 10.4. The van der Waals surface area contributed by atoms with Crippen molar-refractivity contribution in [2.75, 3.05) is 0 Å². The molecule has 0 fully saturated rings. The van der Waals surface area contributed by atoms with Gasteiger partial charge in [0.1, 0.15) is 0 Å². The average molecular weight is 179 g/mol. The van der Waals surface area contributed by atoms with Crippen LogP contribution in [0.4, 0.5) is 0 Å². The maximum atomic E-state index is 5.31. The molecule has 2 aromatic rings. The van der Waals surface area contributed by atoms with Crippen LogP contribution in [0.2, 0.25) is 0 Å². The normalized spacial score (nSPS) is 10.7. The van der Waals surface area contributed by atoms with Crippen LogP contribution in [-0.2, 0) is 0 Å². The Labute approximate surface area is 74.8 Å². The number of oxazole rings is 1. The van der Waals surface area contributed by atoms with Crippen molar-refractivity contribution in [2.45, 2.75) is 20.8 Å². The summed E-state index contributed by atoms with van der Waals surface area (Å²) in [7, 11) is 0. The zero-order valence-electron chi connectivity index (χ0n) is 7.66. The van der Waals surface area contributed by atoms with E-state index in [2.05, 4.69) is 15.1 Å². The molecule has 0 saturated heterocycles. The number of nitrogens with zero attached hydrogens (tertiary/aromatic N) is 3. The molecule has 2 aromatic heterocycles. The van der Waals surface area contributed by atoms with Crippen molar-refractivity contribution in [3.05, 3.63) is 17.4 Å². The molecule has 0 spiro atoms. The van der Waals surface area contributed by atoms with Gasteiger partial charge in [-0.25, -0.2) is 4.98 Å². The Morgan fingerprint density at radius 3 is 2.31 bits per heavy atom. The first kappa shape index (κ1) is 7.97. The largest absolute Gasteiger partial charge is 0.436 e. The van der Waals surface area contributed by atoms with Crippen LogP contribution < -0.4 is 0 Å². The maximum Gasteiger partial charge on any atom is 0.295 e. The number of hydrogen-bond donors (Lipinski definition) is 0. The van der Waals surface area contributed by atoms with E-state index in [1.807, 2.05) is 6.92 Å². The number of rotatable bonds is 1. The highest BCUT2D eigenvalue weighted by Gasteiger charge is 2.15. The molecule has 13 heavy (non-hydrogen) atoms. The molecule has 0 N–H and O–H groups in total. The van der Waals surface area contributed by atoms with E-state index in [0.717, 1.165) is 5.69 Å². The summed E-state index contributed by atoms with van der Waals surface area (Å²) in [5.74, 6) is 2.13. The second-order valence-electron chi connectivity index (χ2n) is 2.79. The van der Waals surface area contributed by atoms with E-state index >= 15 is 0 Å². The highest BCUT2D eigenvalue weighted by molar-refractivity contribution is 5.47. The minimum absolute atomic E-state index is 0.385. The van der Waals surface area contributed by atoms with E-state index in [-0.39, 0.29) is 0 Å². The first-order valence-corrected chi connectivity index (χ1v) is 3.91. The van der Waals surface area contributed by atoms with Gasteiger partial charge in [-0.1, -0.05) is 5.16 Å². The molecular formula is C8H9N3O2. The Kier molecular flexibility index (Phi) is 1.65. The Morgan fingerprint density at radius 2 is 1.85 bits per heavy atom. The smallest absolute Gasteiger partial charge is 0.295 e. The van der Waals surface area contributed by atoms with Gasteiger partial charge in [0, 0.05) is 6.92 Å². The SMILES string of the molecule is Cc1noc(-c2oc(C)nc2C)n1. The van der Waals surface area contributed by atoms with Crippen molar-refractivity contribution in [1.29, 1.82) is 0 Å². The average Bonchev–Trinajstić information content (AvgIpc) is 2.58. The summed E-state index contributed by atoms with van der Waals surface area (Å²) in [5.41, 5.74) is 0.765. The number of hydrogen-bond acceptors (Lipinski definition) is 5. The van der Waals surface area contributed by atoms with Crippen molar-refractivity contribution >= 4 is 0 Å². The van der Waals surface area contributed by atoms with E-state index in [0.29, 0.717) is 23.4 Å². The standard InChI is InChI=1S/C8H9N3O2/c1-4-7(12-6(3)9-4)8-10-5(2)11-13-8/h1-3H3. The molecule has 5 heteroatoms. The molecule has 0 aliphatic carbocycles. The number of aromatic nitrogens is 3. The fourth-order valence-corrected chi connectivity index (χ4v) is 1.12. The predicted octanol–water partition coefficient (Wildman–Crippen LogP) is 1.65. The monoisotopic (exact) mass is 179 g/mol. The van der Waals surface area contributed by atoms with Crippen molar-refractivity contribution in [3.8, 4) is 11.7 Å². The lowest BCUT2D eigenvalue weighted by Gasteiger charge is -1.85. The van der Waals surface area contributed by atoms with E-state index < -0.39 is 0 Å². The molecule has 5 nitrogen and oxygen atoms in total. The minimum atomic E-state index is 0.385. The Hall–Kier alpha value is -1.65. The molecule has 0 atom stereocenters. The first-order valence-electron chi connectivity index (χ1n) is 3.91. The molecule has 0 aliphatic heterocycles. The van der Waals surface area contributed by atoms with Crippen LogP contribution in [0.1, 0.15) is 17.4 Å². The van der Waals surface area contributed by atoms with Crippen LogP contribution in [0.15, 0.2) is 8.94 Å². The summed E-state index contributed by atoms with van der Waals surface area (Å²) in [6.45, 7) is 5.37. The van der Waals surface area contributed by atoms with E-state index in [1.54, 1.807) is 13.8 Å². The van der Waals surface area contributed by atoms with Gasteiger partial charge in [-0.2, -0.15) is 4.98 Å². The Bertz CT molecular complexity index is 430. The maximum absolute atomic E-state index is 5.31. The van der Waals surface area contributed by atoms with Crippen LogP contribution in [0.3, 0.4) is 0 Å². The quantitative estimate of drug-likeness (QED) is 0.665. The Morgan fingerprint density at radius 1 is 1.08 bits per heavy atom. The van der Waals surface area contributed by atoms with Gasteiger partial charge in [-0.3, -0.25) is 0 Å². The summed E-state index contributed by atoms with van der Waals surface area (Å²) >= 11 is 0. The van der Waals surface area contributed by atoms with Gasteiger partial charge in [0.25, 0.3) is 5.89 Å². The van der Waals surface area contributed by atoms with Crippen molar-refractivity contribution < 1.29 is 8.94 Å². The lowest BCUT2D eigenvalue weighted by molar-refractivity contribution is 0.408. The predicted molar refractivity (Wildman–Crippen MR) is 44.0 cm³/mol. The van der Waals surface area contributed by atoms with Gasteiger partial charge in [0.15, 0.2) is 11.7 Å². The molecule has 0 aromatic carbocycles. The van der Waals surface area contributed by atoms with Crippen LogP contribution in [0.25, 0.3) is 11.7 Å². The summed E-state index contributed by atoms with van der Waals surface area (Å²) in [5, 5.41) is 3.67. The summed E-state index contributed by atoms with van der Waals surface area (Å²) < 4.78 is 10.3. The van der Waals surface area contributed by atoms with Crippen LogP contribution in [-0.4, -0.2) is 15.1 Å². The van der Waals surface area contributed by atoms with Gasteiger partial charge < -0.3 is 8.94 Å². The zero-order valence-corrected chi connectivity index (χ0v) is 7.66. The van der Waals surface area contributed by atoms with Gasteiger partial charge in [-0.15, -0.1) is 0 Å². The van der Waals surface area contributed by atoms with Gasteiger partial charge >= 0.3 is 0 Å². The van der Waals surface area contributed by atoms with Crippen molar-refractivity contribution in [1.82, 2.24) is 15.1 Å². The molecule has 2 heterocycles. The lowest BCUT2D eigenvalue weighted by Crippen LogP contribution is -1.78. The van der Waals surface area contributed by atoms with Crippen LogP contribution in [0.5, 0.6) is 0 Å². The molecule has 68 valence electrons. The highest BCUT2D eigenvalue weighted by atomic mass is 16.5. The van der Waals surface area contributed by atoms with Crippen molar-refractivity contribution in [3.63, 3.8) is 0 Å². The summed E-state index contributed by atoms with van der Waals surface area (Å²) in [4.78, 5) is 8.15.